The monoisotopic (exact) mass is 333 g/mol. The Bertz CT molecular complexity index is 665. The molecular formula is C18H23NO5. The number of phenols is 1. The first-order valence-corrected chi connectivity index (χ1v) is 7.95. The highest BCUT2D eigenvalue weighted by Crippen LogP contribution is 2.29. The molecule has 1 atom stereocenters. The number of amides is 2. The lowest BCUT2D eigenvalue weighted by Crippen LogP contribution is -2.44. The Labute approximate surface area is 141 Å². The lowest BCUT2D eigenvalue weighted by atomic mass is 10.0. The minimum absolute atomic E-state index is 0.0778. The molecule has 0 saturated carbocycles. The summed E-state index contributed by atoms with van der Waals surface area (Å²) < 4.78 is 0. The molecule has 0 fully saturated rings. The number of phenolic OH excluding ortho intramolecular Hbond substituents is 1. The first-order chi connectivity index (χ1) is 11.2. The molecule has 1 unspecified atom stereocenters. The number of carbonyl (C=O) groups excluding carboxylic acids is 4. The van der Waals surface area contributed by atoms with Gasteiger partial charge in [-0.1, -0.05) is 20.3 Å². The summed E-state index contributed by atoms with van der Waals surface area (Å²) >= 11 is 0. The van der Waals surface area contributed by atoms with Crippen molar-refractivity contribution >= 4 is 23.4 Å². The second-order valence-electron chi connectivity index (χ2n) is 5.78. The van der Waals surface area contributed by atoms with Crippen LogP contribution in [-0.2, 0) is 9.59 Å². The van der Waals surface area contributed by atoms with E-state index in [1.165, 1.54) is 38.5 Å². The summed E-state index contributed by atoms with van der Waals surface area (Å²) in [5.74, 6) is -1.78. The van der Waals surface area contributed by atoms with E-state index in [4.69, 9.17) is 0 Å². The summed E-state index contributed by atoms with van der Waals surface area (Å²) in [5.41, 5.74) is 0.237. The van der Waals surface area contributed by atoms with Gasteiger partial charge in [0.2, 0.25) is 0 Å². The Morgan fingerprint density at radius 2 is 1.62 bits per heavy atom. The standard InChI is InChI=1S/C15H15NO5.C3H8/c1-8(17)3-6-13(9(2)18)16-14(20)11-5-4-10(19)7-12(11)15(16)21;1-3-2/h4-5,7,13,19H,3,6H2,1-2H3;3H2,1-2H3. The molecule has 0 saturated heterocycles. The summed E-state index contributed by atoms with van der Waals surface area (Å²) in [6, 6.07) is 2.92. The van der Waals surface area contributed by atoms with E-state index in [2.05, 4.69) is 13.8 Å². The smallest absolute Gasteiger partial charge is 0.262 e. The molecule has 0 aromatic heterocycles. The van der Waals surface area contributed by atoms with E-state index >= 15 is 0 Å². The first kappa shape index (κ1) is 19.5. The predicted molar refractivity (Wildman–Crippen MR) is 89.0 cm³/mol. The maximum absolute atomic E-state index is 12.3. The van der Waals surface area contributed by atoms with Gasteiger partial charge in [0.25, 0.3) is 11.8 Å². The molecule has 1 heterocycles. The van der Waals surface area contributed by atoms with Gasteiger partial charge < -0.3 is 9.90 Å². The number of hydrogen-bond donors (Lipinski definition) is 1. The third kappa shape index (κ3) is 4.28. The van der Waals surface area contributed by atoms with E-state index in [0.29, 0.717) is 0 Å². The average Bonchev–Trinajstić information content (AvgIpc) is 2.72. The van der Waals surface area contributed by atoms with E-state index in [1.54, 1.807) is 0 Å². The Morgan fingerprint density at radius 1 is 1.08 bits per heavy atom. The molecular weight excluding hydrogens is 310 g/mol. The van der Waals surface area contributed by atoms with Crippen LogP contribution in [0, 0.1) is 0 Å². The van der Waals surface area contributed by atoms with Crippen LogP contribution < -0.4 is 0 Å². The number of imide groups is 1. The van der Waals surface area contributed by atoms with Crippen molar-refractivity contribution in [2.45, 2.75) is 53.0 Å². The average molecular weight is 333 g/mol. The van der Waals surface area contributed by atoms with Gasteiger partial charge in [-0.3, -0.25) is 19.3 Å². The normalized spacial score (nSPS) is 13.9. The van der Waals surface area contributed by atoms with Crippen LogP contribution in [0.3, 0.4) is 0 Å². The zero-order valence-corrected chi connectivity index (χ0v) is 14.5. The van der Waals surface area contributed by atoms with Crippen LogP contribution in [-0.4, -0.2) is 39.4 Å². The highest BCUT2D eigenvalue weighted by Gasteiger charge is 2.41. The molecule has 1 aliphatic heterocycles. The van der Waals surface area contributed by atoms with E-state index in [-0.39, 0.29) is 41.3 Å². The molecule has 1 aromatic rings. The molecule has 2 amide bonds. The maximum Gasteiger partial charge on any atom is 0.262 e. The number of ketones is 2. The van der Waals surface area contributed by atoms with E-state index in [9.17, 15) is 24.3 Å². The molecule has 1 N–H and O–H groups in total. The zero-order valence-electron chi connectivity index (χ0n) is 14.5. The highest BCUT2D eigenvalue weighted by atomic mass is 16.3. The Balaban J connectivity index is 0.000000891. The molecule has 1 aliphatic rings. The lowest BCUT2D eigenvalue weighted by molar-refractivity contribution is -0.121. The van der Waals surface area contributed by atoms with Crippen molar-refractivity contribution in [2.75, 3.05) is 0 Å². The van der Waals surface area contributed by atoms with Crippen molar-refractivity contribution in [3.8, 4) is 5.75 Å². The molecule has 2 rings (SSSR count). The molecule has 6 nitrogen and oxygen atoms in total. The van der Waals surface area contributed by atoms with Crippen LogP contribution in [0.5, 0.6) is 5.75 Å². The number of nitrogens with zero attached hydrogens (tertiary/aromatic N) is 1. The Kier molecular flexibility index (Phi) is 6.82. The summed E-state index contributed by atoms with van der Waals surface area (Å²) in [4.78, 5) is 48.3. The highest BCUT2D eigenvalue weighted by molar-refractivity contribution is 6.23. The second kappa shape index (κ2) is 8.38. The molecule has 1 aromatic carbocycles. The van der Waals surface area contributed by atoms with Crippen LogP contribution >= 0.6 is 0 Å². The summed E-state index contributed by atoms with van der Waals surface area (Å²) in [6.45, 7) is 6.92. The second-order valence-corrected chi connectivity index (χ2v) is 5.78. The number of rotatable bonds is 5. The summed E-state index contributed by atoms with van der Waals surface area (Å²) in [6.07, 6.45) is 1.48. The summed E-state index contributed by atoms with van der Waals surface area (Å²) in [5, 5.41) is 9.42. The molecule has 0 aliphatic carbocycles. The van der Waals surface area contributed by atoms with E-state index in [1.807, 2.05) is 0 Å². The van der Waals surface area contributed by atoms with Crippen LogP contribution in [0.2, 0.25) is 0 Å². The largest absolute Gasteiger partial charge is 0.508 e. The minimum atomic E-state index is -0.955. The minimum Gasteiger partial charge on any atom is -0.508 e. The molecule has 130 valence electrons. The van der Waals surface area contributed by atoms with Crippen molar-refractivity contribution in [1.82, 2.24) is 4.90 Å². The number of Topliss-reactive ketones (excluding diaryl/α,β-unsaturated/α-hetero) is 2. The van der Waals surface area contributed by atoms with Gasteiger partial charge in [0, 0.05) is 6.42 Å². The third-order valence-electron chi connectivity index (χ3n) is 3.45. The van der Waals surface area contributed by atoms with Crippen molar-refractivity contribution in [2.24, 2.45) is 0 Å². The van der Waals surface area contributed by atoms with Crippen LogP contribution in [0.4, 0.5) is 0 Å². The van der Waals surface area contributed by atoms with E-state index < -0.39 is 17.9 Å². The number of fused-ring (bicyclic) bond motifs is 1. The van der Waals surface area contributed by atoms with Crippen molar-refractivity contribution in [3.63, 3.8) is 0 Å². The number of carbonyl (C=O) groups is 4. The maximum atomic E-state index is 12.3. The fourth-order valence-corrected chi connectivity index (χ4v) is 2.38. The lowest BCUT2D eigenvalue weighted by Gasteiger charge is -2.23. The van der Waals surface area contributed by atoms with Crippen LogP contribution in [0.25, 0.3) is 0 Å². The van der Waals surface area contributed by atoms with Crippen LogP contribution in [0.1, 0.15) is 67.7 Å². The van der Waals surface area contributed by atoms with Gasteiger partial charge in [0.15, 0.2) is 5.78 Å². The SMILES string of the molecule is CC(=O)CCC(C(C)=O)N1C(=O)c2ccc(O)cc2C1=O.CCC. The Hall–Kier alpha value is -2.50. The molecule has 0 spiro atoms. The van der Waals surface area contributed by atoms with Gasteiger partial charge in [-0.15, -0.1) is 0 Å². The molecule has 0 radical (unpaired) electrons. The van der Waals surface area contributed by atoms with Gasteiger partial charge in [-0.25, -0.2) is 0 Å². The van der Waals surface area contributed by atoms with Gasteiger partial charge >= 0.3 is 0 Å². The van der Waals surface area contributed by atoms with Crippen molar-refractivity contribution < 1.29 is 24.3 Å². The van der Waals surface area contributed by atoms with Gasteiger partial charge in [0.05, 0.1) is 17.2 Å². The fourth-order valence-electron chi connectivity index (χ4n) is 2.38. The van der Waals surface area contributed by atoms with Crippen molar-refractivity contribution in [1.29, 1.82) is 0 Å². The number of aromatic hydroxyl groups is 1. The van der Waals surface area contributed by atoms with Crippen LogP contribution in [0.15, 0.2) is 18.2 Å². The fraction of sp³-hybridized carbons (Fsp3) is 0.444. The Morgan fingerprint density at radius 3 is 2.12 bits per heavy atom. The molecule has 0 bridgehead atoms. The zero-order chi connectivity index (χ0) is 18.4. The van der Waals surface area contributed by atoms with E-state index in [0.717, 1.165) is 4.90 Å². The third-order valence-corrected chi connectivity index (χ3v) is 3.45. The quantitative estimate of drug-likeness (QED) is 0.837. The topological polar surface area (TPSA) is 91.8 Å². The van der Waals surface area contributed by atoms with Gasteiger partial charge in [0.1, 0.15) is 11.5 Å². The number of benzene rings is 1. The molecule has 24 heavy (non-hydrogen) atoms. The van der Waals surface area contributed by atoms with Crippen molar-refractivity contribution in [3.05, 3.63) is 29.3 Å². The predicted octanol–water partition coefficient (Wildman–Crippen LogP) is 2.73. The first-order valence-electron chi connectivity index (χ1n) is 7.95. The van der Waals surface area contributed by atoms with Gasteiger partial charge in [-0.05, 0) is 38.5 Å². The molecule has 6 heteroatoms. The number of hydrogen-bond acceptors (Lipinski definition) is 5. The van der Waals surface area contributed by atoms with Gasteiger partial charge in [-0.2, -0.15) is 0 Å². The summed E-state index contributed by atoms with van der Waals surface area (Å²) in [7, 11) is 0.